The topological polar surface area (TPSA) is 50.7 Å². The smallest absolute Gasteiger partial charge is 0.108 e. The standard InChI is InChI=1S/C14H14N4S/c1-10(12-8-15-6-7-16-12)17-9-14-18-11-4-2-3-5-13(11)19-14/h2-8,10,17H,9H2,1H3. The molecule has 0 radical (unpaired) electrons. The zero-order valence-corrected chi connectivity index (χ0v) is 11.4. The van der Waals surface area contributed by atoms with E-state index in [4.69, 9.17) is 0 Å². The van der Waals surface area contributed by atoms with E-state index >= 15 is 0 Å². The molecular formula is C14H14N4S. The van der Waals surface area contributed by atoms with Gasteiger partial charge in [0.05, 0.1) is 15.9 Å². The number of benzene rings is 1. The molecule has 19 heavy (non-hydrogen) atoms. The zero-order chi connectivity index (χ0) is 13.1. The molecule has 0 aliphatic heterocycles. The van der Waals surface area contributed by atoms with E-state index in [1.165, 1.54) is 4.70 Å². The number of nitrogens with one attached hydrogen (secondary N) is 1. The second-order valence-corrected chi connectivity index (χ2v) is 5.42. The molecule has 2 heterocycles. The first-order valence-electron chi connectivity index (χ1n) is 6.16. The van der Waals surface area contributed by atoms with Gasteiger partial charge >= 0.3 is 0 Å². The molecule has 0 bridgehead atoms. The number of aromatic nitrogens is 3. The summed E-state index contributed by atoms with van der Waals surface area (Å²) in [6.45, 7) is 2.83. The van der Waals surface area contributed by atoms with Crippen LogP contribution in [0.25, 0.3) is 10.2 Å². The van der Waals surface area contributed by atoms with Crippen LogP contribution in [0.3, 0.4) is 0 Å². The summed E-state index contributed by atoms with van der Waals surface area (Å²) in [7, 11) is 0. The Bertz CT molecular complexity index is 632. The lowest BCUT2D eigenvalue weighted by Crippen LogP contribution is -2.19. The van der Waals surface area contributed by atoms with E-state index in [0.717, 1.165) is 22.8 Å². The second kappa shape index (κ2) is 5.42. The summed E-state index contributed by atoms with van der Waals surface area (Å²) >= 11 is 1.72. The highest BCUT2D eigenvalue weighted by molar-refractivity contribution is 7.18. The quantitative estimate of drug-likeness (QED) is 0.792. The van der Waals surface area contributed by atoms with Crippen LogP contribution in [-0.2, 0) is 6.54 Å². The number of nitrogens with zero attached hydrogens (tertiary/aromatic N) is 3. The van der Waals surface area contributed by atoms with Crippen molar-refractivity contribution in [3.05, 3.63) is 53.6 Å². The van der Waals surface area contributed by atoms with E-state index in [0.29, 0.717) is 0 Å². The van der Waals surface area contributed by atoms with Gasteiger partial charge in [-0.1, -0.05) is 12.1 Å². The average Bonchev–Trinajstić information content (AvgIpc) is 2.88. The summed E-state index contributed by atoms with van der Waals surface area (Å²) in [5, 5.41) is 4.52. The van der Waals surface area contributed by atoms with Gasteiger partial charge in [0.2, 0.25) is 0 Å². The SMILES string of the molecule is CC(NCc1nc2ccccc2s1)c1cnccn1. The summed E-state index contributed by atoms with van der Waals surface area (Å²) in [4.78, 5) is 13.0. The van der Waals surface area contributed by atoms with E-state index in [2.05, 4.69) is 33.3 Å². The number of hydrogen-bond acceptors (Lipinski definition) is 5. The van der Waals surface area contributed by atoms with Crippen LogP contribution in [0.2, 0.25) is 0 Å². The van der Waals surface area contributed by atoms with E-state index in [1.54, 1.807) is 29.9 Å². The van der Waals surface area contributed by atoms with Crippen molar-refractivity contribution in [3.8, 4) is 0 Å². The average molecular weight is 270 g/mol. The molecule has 1 unspecified atom stereocenters. The Morgan fingerprint density at radius 1 is 1.26 bits per heavy atom. The molecule has 0 amide bonds. The largest absolute Gasteiger partial charge is 0.302 e. The van der Waals surface area contributed by atoms with Crippen LogP contribution in [0.15, 0.2) is 42.9 Å². The van der Waals surface area contributed by atoms with Gasteiger partial charge in [0.25, 0.3) is 0 Å². The zero-order valence-electron chi connectivity index (χ0n) is 10.6. The first-order valence-corrected chi connectivity index (χ1v) is 6.98. The Morgan fingerprint density at radius 3 is 2.95 bits per heavy atom. The number of thiazole rings is 1. The van der Waals surface area contributed by atoms with Gasteiger partial charge in [0.1, 0.15) is 5.01 Å². The van der Waals surface area contributed by atoms with Crippen LogP contribution in [-0.4, -0.2) is 15.0 Å². The molecule has 96 valence electrons. The molecule has 0 spiro atoms. The van der Waals surface area contributed by atoms with Crippen molar-refractivity contribution in [2.75, 3.05) is 0 Å². The molecule has 5 heteroatoms. The Kier molecular flexibility index (Phi) is 3.48. The fourth-order valence-electron chi connectivity index (χ4n) is 1.87. The van der Waals surface area contributed by atoms with Gasteiger partial charge in [-0.3, -0.25) is 9.97 Å². The second-order valence-electron chi connectivity index (χ2n) is 4.31. The monoisotopic (exact) mass is 270 g/mol. The maximum Gasteiger partial charge on any atom is 0.108 e. The highest BCUT2D eigenvalue weighted by Gasteiger charge is 2.08. The lowest BCUT2D eigenvalue weighted by Gasteiger charge is -2.10. The van der Waals surface area contributed by atoms with Gasteiger partial charge in [-0.05, 0) is 19.1 Å². The number of fused-ring (bicyclic) bond motifs is 1. The van der Waals surface area contributed by atoms with E-state index in [9.17, 15) is 0 Å². The summed E-state index contributed by atoms with van der Waals surface area (Å²) in [5.41, 5.74) is 2.01. The normalized spacial score (nSPS) is 12.7. The molecule has 0 saturated heterocycles. The highest BCUT2D eigenvalue weighted by atomic mass is 32.1. The van der Waals surface area contributed by atoms with Crippen molar-refractivity contribution < 1.29 is 0 Å². The number of hydrogen-bond donors (Lipinski definition) is 1. The molecular weight excluding hydrogens is 256 g/mol. The van der Waals surface area contributed by atoms with Crippen molar-refractivity contribution >= 4 is 21.6 Å². The molecule has 3 rings (SSSR count). The summed E-state index contributed by atoms with van der Waals surface area (Å²) < 4.78 is 1.23. The molecule has 0 saturated carbocycles. The Balaban J connectivity index is 1.69. The molecule has 3 aromatic rings. The Morgan fingerprint density at radius 2 is 2.16 bits per heavy atom. The number of para-hydroxylation sites is 1. The van der Waals surface area contributed by atoms with Crippen LogP contribution >= 0.6 is 11.3 Å². The van der Waals surface area contributed by atoms with Crippen LogP contribution in [0, 0.1) is 0 Å². The van der Waals surface area contributed by atoms with Gasteiger partial charge in [-0.2, -0.15) is 0 Å². The predicted molar refractivity (Wildman–Crippen MR) is 76.9 cm³/mol. The van der Waals surface area contributed by atoms with Crippen molar-refractivity contribution in [3.63, 3.8) is 0 Å². The minimum absolute atomic E-state index is 0.167. The van der Waals surface area contributed by atoms with E-state index < -0.39 is 0 Å². The third-order valence-corrected chi connectivity index (χ3v) is 3.96. The summed E-state index contributed by atoms with van der Waals surface area (Å²) in [6.07, 6.45) is 5.19. The number of rotatable bonds is 4. The van der Waals surface area contributed by atoms with Crippen LogP contribution in [0.1, 0.15) is 23.7 Å². The van der Waals surface area contributed by atoms with Crippen molar-refractivity contribution in [1.82, 2.24) is 20.3 Å². The minimum Gasteiger partial charge on any atom is -0.302 e. The van der Waals surface area contributed by atoms with Gasteiger partial charge in [0, 0.05) is 31.2 Å². The predicted octanol–water partition coefficient (Wildman–Crippen LogP) is 2.94. The Hall–Kier alpha value is -1.85. The lowest BCUT2D eigenvalue weighted by atomic mass is 10.2. The molecule has 2 aromatic heterocycles. The third kappa shape index (κ3) is 2.77. The Labute approximate surface area is 115 Å². The van der Waals surface area contributed by atoms with E-state index in [-0.39, 0.29) is 6.04 Å². The first kappa shape index (κ1) is 12.2. The maximum absolute atomic E-state index is 4.60. The molecule has 1 N–H and O–H groups in total. The summed E-state index contributed by atoms with van der Waals surface area (Å²) in [5.74, 6) is 0. The highest BCUT2D eigenvalue weighted by Crippen LogP contribution is 2.21. The molecule has 1 aromatic carbocycles. The summed E-state index contributed by atoms with van der Waals surface area (Å²) in [6, 6.07) is 8.37. The van der Waals surface area contributed by atoms with Gasteiger partial charge in [-0.25, -0.2) is 4.98 Å². The molecule has 0 aliphatic carbocycles. The molecule has 1 atom stereocenters. The van der Waals surface area contributed by atoms with Crippen LogP contribution in [0.5, 0.6) is 0 Å². The minimum atomic E-state index is 0.167. The van der Waals surface area contributed by atoms with Crippen molar-refractivity contribution in [1.29, 1.82) is 0 Å². The maximum atomic E-state index is 4.60. The van der Waals surface area contributed by atoms with E-state index in [1.807, 2.05) is 18.2 Å². The van der Waals surface area contributed by atoms with Gasteiger partial charge in [0.15, 0.2) is 0 Å². The van der Waals surface area contributed by atoms with Crippen molar-refractivity contribution in [2.24, 2.45) is 0 Å². The molecule has 0 aliphatic rings. The van der Waals surface area contributed by atoms with Gasteiger partial charge in [-0.15, -0.1) is 11.3 Å². The molecule has 0 fully saturated rings. The fraction of sp³-hybridized carbons (Fsp3) is 0.214. The van der Waals surface area contributed by atoms with Gasteiger partial charge < -0.3 is 5.32 Å². The van der Waals surface area contributed by atoms with Crippen LogP contribution < -0.4 is 5.32 Å². The first-order chi connectivity index (χ1) is 9.33. The third-order valence-electron chi connectivity index (χ3n) is 2.92. The fourth-order valence-corrected chi connectivity index (χ4v) is 2.79. The van der Waals surface area contributed by atoms with Crippen LogP contribution in [0.4, 0.5) is 0 Å². The van der Waals surface area contributed by atoms with Crippen molar-refractivity contribution in [2.45, 2.75) is 19.5 Å². The molecule has 4 nitrogen and oxygen atoms in total. The lowest BCUT2D eigenvalue weighted by molar-refractivity contribution is 0.558.